The summed E-state index contributed by atoms with van der Waals surface area (Å²) >= 11 is 0. The van der Waals surface area contributed by atoms with Gasteiger partial charge in [-0.25, -0.2) is 0 Å². The monoisotopic (exact) mass is 415 g/mol. The van der Waals surface area contributed by atoms with E-state index in [1.165, 1.54) is 123 Å². The first-order valence-electron chi connectivity index (χ1n) is 13.8. The Bertz CT molecular complexity index is 456. The Balaban J connectivity index is 1.90. The predicted octanol–water partition coefficient (Wildman–Crippen LogP) is 7.08. The van der Waals surface area contributed by atoms with Gasteiger partial charge >= 0.3 is 0 Å². The molecule has 0 aromatic heterocycles. The molecule has 2 rings (SSSR count). The summed E-state index contributed by atoms with van der Waals surface area (Å²) in [6.07, 6.45) is 26.9. The minimum atomic E-state index is 0.278. The van der Waals surface area contributed by atoms with Crippen LogP contribution in [0.5, 0.6) is 0 Å². The molecule has 1 saturated carbocycles. The van der Waals surface area contributed by atoms with Crippen molar-refractivity contribution in [1.82, 2.24) is 5.32 Å². The molecule has 1 atom stereocenters. The molecule has 1 unspecified atom stereocenters. The molecule has 1 heterocycles. The van der Waals surface area contributed by atoms with E-state index < -0.39 is 0 Å². The van der Waals surface area contributed by atoms with Gasteiger partial charge in [-0.1, -0.05) is 134 Å². The molecule has 0 aromatic rings. The van der Waals surface area contributed by atoms with Gasteiger partial charge in [0.25, 0.3) is 0 Å². The maximum absolute atomic E-state index is 12.1. The van der Waals surface area contributed by atoms with Crippen LogP contribution in [0.2, 0.25) is 10.6 Å². The lowest BCUT2D eigenvalue weighted by molar-refractivity contribution is -0.121. The van der Waals surface area contributed by atoms with E-state index in [4.69, 9.17) is 0 Å². The normalized spacial score (nSPS) is 28.9. The Hall–Kier alpha value is -0.400. The van der Waals surface area contributed by atoms with E-state index in [-0.39, 0.29) is 5.91 Å². The molecule has 1 aliphatic heterocycles. The fourth-order valence-corrected chi connectivity index (χ4v) is 5.89. The number of amides is 1. The van der Waals surface area contributed by atoms with Crippen LogP contribution < -0.4 is 5.32 Å². The molecule has 172 valence electrons. The molecule has 0 bridgehead atoms. The Kier molecular flexibility index (Phi) is 12.6. The van der Waals surface area contributed by atoms with Gasteiger partial charge in [-0.05, 0) is 12.8 Å². The summed E-state index contributed by atoms with van der Waals surface area (Å²) in [7, 11) is 2.76. The molecule has 2 nitrogen and oxygen atoms in total. The lowest BCUT2D eigenvalue weighted by Crippen LogP contribution is -2.31. The highest BCUT2D eigenvalue weighted by atomic mass is 16.1. The molecule has 1 N–H and O–H groups in total. The number of carbonyl (C=O) groups is 1. The summed E-state index contributed by atoms with van der Waals surface area (Å²) < 4.78 is 0. The molecule has 1 aliphatic carbocycles. The first-order valence-corrected chi connectivity index (χ1v) is 13.8. The van der Waals surface area contributed by atoms with Gasteiger partial charge in [0.15, 0.2) is 0 Å². The zero-order valence-corrected chi connectivity index (χ0v) is 20.7. The van der Waals surface area contributed by atoms with Crippen LogP contribution in [0.15, 0.2) is 0 Å². The standard InChI is InChI=1S/C26H51B2NO/c1-25(19-13-9-7-5-3-4-6-8-10-14-20-25)27-28-26(2)21-15-11-12-16-23-29-24(30)18-17-22-26/h27-28H,3-23H2,1-2H3,(H,29,30). The van der Waals surface area contributed by atoms with Crippen LogP contribution in [0, 0.1) is 0 Å². The van der Waals surface area contributed by atoms with E-state index in [2.05, 4.69) is 19.2 Å². The summed E-state index contributed by atoms with van der Waals surface area (Å²) in [5, 5.41) is 4.09. The Morgan fingerprint density at radius 3 is 1.40 bits per heavy atom. The molecular weight excluding hydrogens is 364 g/mol. The van der Waals surface area contributed by atoms with Gasteiger partial charge in [-0.2, -0.15) is 0 Å². The van der Waals surface area contributed by atoms with Crippen molar-refractivity contribution in [2.75, 3.05) is 6.54 Å². The highest BCUT2D eigenvalue weighted by Crippen LogP contribution is 2.43. The zero-order chi connectivity index (χ0) is 21.5. The fourth-order valence-electron chi connectivity index (χ4n) is 5.89. The average molecular weight is 415 g/mol. The minimum Gasteiger partial charge on any atom is -0.356 e. The van der Waals surface area contributed by atoms with Crippen LogP contribution in [0.3, 0.4) is 0 Å². The average Bonchev–Trinajstić information content (AvgIpc) is 2.73. The van der Waals surface area contributed by atoms with Crippen LogP contribution >= 0.6 is 0 Å². The molecule has 30 heavy (non-hydrogen) atoms. The van der Waals surface area contributed by atoms with Crippen molar-refractivity contribution >= 4 is 20.2 Å². The first-order chi connectivity index (χ1) is 14.5. The van der Waals surface area contributed by atoms with Crippen molar-refractivity contribution < 1.29 is 4.79 Å². The maximum atomic E-state index is 12.1. The molecule has 1 saturated heterocycles. The SMILES string of the molecule is CC1(BBC2(C)CCCCCCNC(=O)CCC2)CCCCCCCCCCCC1. The number of rotatable bonds is 3. The molecule has 0 spiro atoms. The fraction of sp³-hybridized carbons (Fsp3) is 0.962. The van der Waals surface area contributed by atoms with Gasteiger partial charge in [-0.15, -0.1) is 0 Å². The summed E-state index contributed by atoms with van der Waals surface area (Å²) in [6.45, 7) is 6.03. The quantitative estimate of drug-likeness (QED) is 0.491. The predicted molar refractivity (Wildman–Crippen MR) is 136 cm³/mol. The molecule has 0 radical (unpaired) electrons. The molecular formula is C26H51B2NO. The maximum Gasteiger partial charge on any atom is 0.219 e. The minimum absolute atomic E-state index is 0.278. The number of nitrogens with one attached hydrogen (secondary N) is 1. The third kappa shape index (κ3) is 11.3. The zero-order valence-electron chi connectivity index (χ0n) is 20.7. The highest BCUT2D eigenvalue weighted by Gasteiger charge is 2.32. The van der Waals surface area contributed by atoms with Crippen LogP contribution in [-0.2, 0) is 4.79 Å². The van der Waals surface area contributed by atoms with Gasteiger partial charge < -0.3 is 5.32 Å². The van der Waals surface area contributed by atoms with Gasteiger partial charge in [0.1, 0.15) is 0 Å². The first kappa shape index (κ1) is 25.9. The summed E-state index contributed by atoms with van der Waals surface area (Å²) in [5.74, 6) is 0.278. The van der Waals surface area contributed by atoms with Crippen LogP contribution in [0.1, 0.15) is 142 Å². The van der Waals surface area contributed by atoms with Gasteiger partial charge in [0.2, 0.25) is 5.91 Å². The Labute approximate surface area is 190 Å². The molecule has 2 fully saturated rings. The van der Waals surface area contributed by atoms with Crippen molar-refractivity contribution in [3.05, 3.63) is 0 Å². The second-order valence-electron chi connectivity index (χ2n) is 11.5. The van der Waals surface area contributed by atoms with Crippen molar-refractivity contribution in [3.63, 3.8) is 0 Å². The van der Waals surface area contributed by atoms with Gasteiger partial charge in [0.05, 0.1) is 14.3 Å². The third-order valence-electron chi connectivity index (χ3n) is 8.36. The van der Waals surface area contributed by atoms with Gasteiger partial charge in [0, 0.05) is 13.0 Å². The number of hydrogen-bond acceptors (Lipinski definition) is 1. The van der Waals surface area contributed by atoms with E-state index in [1.807, 2.05) is 0 Å². The second kappa shape index (κ2) is 14.6. The van der Waals surface area contributed by atoms with Crippen LogP contribution in [-0.4, -0.2) is 26.8 Å². The second-order valence-corrected chi connectivity index (χ2v) is 11.5. The number of hydrogen-bond donors (Lipinski definition) is 1. The van der Waals surface area contributed by atoms with E-state index in [0.29, 0.717) is 10.6 Å². The summed E-state index contributed by atoms with van der Waals surface area (Å²) in [5.41, 5.74) is 0. The van der Waals surface area contributed by atoms with Crippen molar-refractivity contribution in [2.24, 2.45) is 0 Å². The van der Waals surface area contributed by atoms with Gasteiger partial charge in [-0.3, -0.25) is 4.79 Å². The lowest BCUT2D eigenvalue weighted by atomic mass is 9.20. The molecule has 1 amide bonds. The van der Waals surface area contributed by atoms with E-state index in [9.17, 15) is 4.79 Å². The Morgan fingerprint density at radius 2 is 0.933 bits per heavy atom. The summed E-state index contributed by atoms with van der Waals surface area (Å²) in [6, 6.07) is 0. The van der Waals surface area contributed by atoms with Crippen LogP contribution in [0.4, 0.5) is 0 Å². The van der Waals surface area contributed by atoms with Crippen molar-refractivity contribution in [1.29, 1.82) is 0 Å². The highest BCUT2D eigenvalue weighted by molar-refractivity contribution is 7.03. The van der Waals surface area contributed by atoms with Crippen molar-refractivity contribution in [3.8, 4) is 0 Å². The van der Waals surface area contributed by atoms with Crippen molar-refractivity contribution in [2.45, 2.75) is 153 Å². The lowest BCUT2D eigenvalue weighted by Gasteiger charge is -2.35. The summed E-state index contributed by atoms with van der Waals surface area (Å²) in [4.78, 5) is 12.1. The number of carbonyl (C=O) groups excluding carboxylic acids is 1. The van der Waals surface area contributed by atoms with E-state index >= 15 is 0 Å². The molecule has 2 aliphatic rings. The molecule has 0 aromatic carbocycles. The largest absolute Gasteiger partial charge is 0.356 e. The smallest absolute Gasteiger partial charge is 0.219 e. The molecule has 4 heteroatoms. The van der Waals surface area contributed by atoms with E-state index in [1.54, 1.807) is 0 Å². The Morgan fingerprint density at radius 1 is 0.567 bits per heavy atom. The van der Waals surface area contributed by atoms with E-state index in [0.717, 1.165) is 25.8 Å². The van der Waals surface area contributed by atoms with Crippen LogP contribution in [0.25, 0.3) is 0 Å². The topological polar surface area (TPSA) is 29.1 Å². The third-order valence-corrected chi connectivity index (χ3v) is 8.36.